The summed E-state index contributed by atoms with van der Waals surface area (Å²) in [6, 6.07) is 50.9. The number of para-hydroxylation sites is 2. The highest BCUT2D eigenvalue weighted by Gasteiger charge is 2.15. The second-order valence-corrected chi connectivity index (χ2v) is 10.7. The molecule has 0 amide bonds. The van der Waals surface area contributed by atoms with Crippen molar-refractivity contribution >= 4 is 43.6 Å². The molecule has 40 heavy (non-hydrogen) atoms. The van der Waals surface area contributed by atoms with E-state index in [0.29, 0.717) is 0 Å². The summed E-state index contributed by atoms with van der Waals surface area (Å²) < 4.78 is 4.72. The third kappa shape index (κ3) is 3.57. The largest absolute Gasteiger partial charge is 0.344 e. The standard InChI is InChI=1S/C38H28N2/c1-39-35-22-19-29(28-17-15-27(16-18-28)23-26-9-3-2-4-10-26)24-34(35)33-21-20-30(25-38(33)39)40-36-13-7-5-11-31(36)32-12-6-8-14-37(32)40/h2-22,24-25H,23H2,1H3. The quantitative estimate of drug-likeness (QED) is 0.222. The molecule has 2 aromatic heterocycles. The van der Waals surface area contributed by atoms with E-state index in [9.17, 15) is 0 Å². The predicted molar refractivity (Wildman–Crippen MR) is 169 cm³/mol. The first kappa shape index (κ1) is 22.9. The Bertz CT molecular complexity index is 2120. The third-order valence-corrected chi connectivity index (χ3v) is 8.37. The van der Waals surface area contributed by atoms with Gasteiger partial charge in [0.15, 0.2) is 0 Å². The van der Waals surface area contributed by atoms with Gasteiger partial charge in [0.1, 0.15) is 0 Å². The second-order valence-electron chi connectivity index (χ2n) is 10.7. The molecule has 0 saturated carbocycles. The molecule has 0 spiro atoms. The predicted octanol–water partition coefficient (Wildman–Crippen LogP) is 9.69. The molecule has 6 aromatic carbocycles. The Kier molecular flexibility index (Phi) is 5.14. The fourth-order valence-corrected chi connectivity index (χ4v) is 6.37. The Morgan fingerprint density at radius 2 is 1.02 bits per heavy atom. The molecule has 0 unspecified atom stereocenters. The van der Waals surface area contributed by atoms with E-state index in [1.807, 2.05) is 0 Å². The van der Waals surface area contributed by atoms with E-state index in [4.69, 9.17) is 0 Å². The van der Waals surface area contributed by atoms with Crippen molar-refractivity contribution in [3.05, 3.63) is 151 Å². The van der Waals surface area contributed by atoms with Gasteiger partial charge in [-0.3, -0.25) is 0 Å². The second kappa shape index (κ2) is 9.00. The summed E-state index contributed by atoms with van der Waals surface area (Å²) in [5, 5.41) is 5.14. The first-order valence-electron chi connectivity index (χ1n) is 13.9. The highest BCUT2D eigenvalue weighted by molar-refractivity contribution is 6.11. The number of rotatable bonds is 4. The van der Waals surface area contributed by atoms with Crippen LogP contribution < -0.4 is 0 Å². The van der Waals surface area contributed by atoms with E-state index in [1.54, 1.807) is 0 Å². The zero-order valence-electron chi connectivity index (χ0n) is 22.4. The lowest BCUT2D eigenvalue weighted by atomic mass is 9.99. The summed E-state index contributed by atoms with van der Waals surface area (Å²) in [5.74, 6) is 0. The van der Waals surface area contributed by atoms with Crippen LogP contribution in [0.25, 0.3) is 60.4 Å². The van der Waals surface area contributed by atoms with E-state index in [-0.39, 0.29) is 0 Å². The maximum absolute atomic E-state index is 2.39. The monoisotopic (exact) mass is 512 g/mol. The molecular weight excluding hydrogens is 484 g/mol. The lowest BCUT2D eigenvalue weighted by Crippen LogP contribution is -1.94. The van der Waals surface area contributed by atoms with Gasteiger partial charge in [-0.2, -0.15) is 0 Å². The number of hydrogen-bond donors (Lipinski definition) is 0. The smallest absolute Gasteiger partial charge is 0.0541 e. The van der Waals surface area contributed by atoms with Gasteiger partial charge in [0.2, 0.25) is 0 Å². The zero-order chi connectivity index (χ0) is 26.6. The highest BCUT2D eigenvalue weighted by atomic mass is 15.0. The van der Waals surface area contributed by atoms with Crippen LogP contribution in [-0.4, -0.2) is 9.13 Å². The molecule has 8 rings (SSSR count). The van der Waals surface area contributed by atoms with Crippen LogP contribution in [0.15, 0.2) is 140 Å². The average molecular weight is 513 g/mol. The molecule has 0 aliphatic heterocycles. The summed E-state index contributed by atoms with van der Waals surface area (Å²) in [5.41, 5.74) is 11.3. The van der Waals surface area contributed by atoms with Crippen molar-refractivity contribution in [2.75, 3.05) is 0 Å². The lowest BCUT2D eigenvalue weighted by Gasteiger charge is -2.09. The van der Waals surface area contributed by atoms with Crippen molar-refractivity contribution in [3.8, 4) is 16.8 Å². The number of aromatic nitrogens is 2. The summed E-state index contributed by atoms with van der Waals surface area (Å²) >= 11 is 0. The molecular formula is C38H28N2. The summed E-state index contributed by atoms with van der Waals surface area (Å²) in [7, 11) is 2.18. The van der Waals surface area contributed by atoms with Crippen molar-refractivity contribution in [1.29, 1.82) is 0 Å². The molecule has 2 heteroatoms. The van der Waals surface area contributed by atoms with Crippen LogP contribution in [0.3, 0.4) is 0 Å². The van der Waals surface area contributed by atoms with E-state index in [1.165, 1.54) is 71.6 Å². The van der Waals surface area contributed by atoms with Gasteiger partial charge in [-0.25, -0.2) is 0 Å². The highest BCUT2D eigenvalue weighted by Crippen LogP contribution is 2.36. The number of hydrogen-bond acceptors (Lipinski definition) is 0. The van der Waals surface area contributed by atoms with Gasteiger partial charge >= 0.3 is 0 Å². The van der Waals surface area contributed by atoms with Crippen LogP contribution >= 0.6 is 0 Å². The van der Waals surface area contributed by atoms with Crippen LogP contribution in [0.1, 0.15) is 11.1 Å². The minimum absolute atomic E-state index is 0.956. The van der Waals surface area contributed by atoms with Gasteiger partial charge in [0.05, 0.1) is 16.6 Å². The van der Waals surface area contributed by atoms with Crippen LogP contribution in [0.4, 0.5) is 0 Å². The Morgan fingerprint density at radius 3 is 1.75 bits per heavy atom. The molecule has 190 valence electrons. The van der Waals surface area contributed by atoms with Gasteiger partial charge in [-0.1, -0.05) is 103 Å². The van der Waals surface area contributed by atoms with Crippen molar-refractivity contribution in [3.63, 3.8) is 0 Å². The molecule has 0 fully saturated rings. The van der Waals surface area contributed by atoms with Crippen LogP contribution in [0.2, 0.25) is 0 Å². The summed E-state index contributed by atoms with van der Waals surface area (Å²) in [6.45, 7) is 0. The minimum Gasteiger partial charge on any atom is -0.344 e. The first-order chi connectivity index (χ1) is 19.7. The molecule has 0 atom stereocenters. The molecule has 0 bridgehead atoms. The van der Waals surface area contributed by atoms with Gasteiger partial charge in [-0.05, 0) is 65.1 Å². The molecule has 0 aliphatic rings. The first-order valence-corrected chi connectivity index (χ1v) is 13.9. The maximum Gasteiger partial charge on any atom is 0.0541 e. The number of benzene rings is 6. The number of nitrogens with zero attached hydrogens (tertiary/aromatic N) is 2. The Balaban J connectivity index is 1.22. The molecule has 2 nitrogen and oxygen atoms in total. The van der Waals surface area contributed by atoms with Crippen molar-refractivity contribution < 1.29 is 0 Å². The van der Waals surface area contributed by atoms with Gasteiger partial charge in [-0.15, -0.1) is 0 Å². The van der Waals surface area contributed by atoms with E-state index in [2.05, 4.69) is 156 Å². The topological polar surface area (TPSA) is 9.86 Å². The van der Waals surface area contributed by atoms with Gasteiger partial charge in [0.25, 0.3) is 0 Å². The van der Waals surface area contributed by atoms with E-state index in [0.717, 1.165) is 6.42 Å². The summed E-state index contributed by atoms with van der Waals surface area (Å²) in [4.78, 5) is 0. The fraction of sp³-hybridized carbons (Fsp3) is 0.0526. The maximum atomic E-state index is 2.39. The summed E-state index contributed by atoms with van der Waals surface area (Å²) in [6.07, 6.45) is 0.956. The average Bonchev–Trinajstić information content (AvgIpc) is 3.49. The van der Waals surface area contributed by atoms with Crippen LogP contribution in [0.5, 0.6) is 0 Å². The van der Waals surface area contributed by atoms with Gasteiger partial charge < -0.3 is 9.13 Å². The lowest BCUT2D eigenvalue weighted by molar-refractivity contribution is 1.01. The normalized spacial score (nSPS) is 11.7. The van der Waals surface area contributed by atoms with E-state index < -0.39 is 0 Å². The van der Waals surface area contributed by atoms with Crippen LogP contribution in [-0.2, 0) is 13.5 Å². The fourth-order valence-electron chi connectivity index (χ4n) is 6.37. The van der Waals surface area contributed by atoms with Crippen LogP contribution in [0, 0.1) is 0 Å². The Morgan fingerprint density at radius 1 is 0.425 bits per heavy atom. The number of aryl methyl sites for hydroxylation is 1. The Hall–Kier alpha value is -5.08. The minimum atomic E-state index is 0.956. The van der Waals surface area contributed by atoms with E-state index >= 15 is 0 Å². The van der Waals surface area contributed by atoms with Crippen molar-refractivity contribution in [1.82, 2.24) is 9.13 Å². The molecule has 2 heterocycles. The SMILES string of the molecule is Cn1c2ccc(-c3ccc(Cc4ccccc4)cc3)cc2c2ccc(-n3c4ccccc4c4ccccc43)cc21. The third-order valence-electron chi connectivity index (χ3n) is 8.37. The Labute approximate surface area is 233 Å². The van der Waals surface area contributed by atoms with Crippen molar-refractivity contribution in [2.24, 2.45) is 7.05 Å². The number of fused-ring (bicyclic) bond motifs is 6. The van der Waals surface area contributed by atoms with Crippen molar-refractivity contribution in [2.45, 2.75) is 6.42 Å². The molecule has 8 aromatic rings. The van der Waals surface area contributed by atoms with Gasteiger partial charge in [0, 0.05) is 39.8 Å². The molecule has 0 N–H and O–H groups in total. The molecule has 0 radical (unpaired) electrons. The molecule has 0 aliphatic carbocycles. The zero-order valence-corrected chi connectivity index (χ0v) is 22.4. The molecule has 0 saturated heterocycles.